The van der Waals surface area contributed by atoms with Gasteiger partial charge in [-0.2, -0.15) is 5.26 Å². The Morgan fingerprint density at radius 1 is 1.22 bits per heavy atom. The van der Waals surface area contributed by atoms with Crippen LogP contribution in [0.2, 0.25) is 18.1 Å². The second-order valence-corrected chi connectivity index (χ2v) is 19.1. The van der Waals surface area contributed by atoms with Crippen molar-refractivity contribution in [3.8, 4) is 17.3 Å². The molecule has 0 saturated carbocycles. The molecule has 2 aromatic heterocycles. The average Bonchev–Trinajstić information content (AvgIpc) is 3.41. The number of carbonyl (C=O) groups excluding carboxylic acids is 1. The first-order chi connectivity index (χ1) is 18.9. The van der Waals surface area contributed by atoms with Crippen LogP contribution < -0.4 is 10.2 Å². The molecule has 1 N–H and O–H groups in total. The molecule has 218 valence electrons. The zero-order valence-corrected chi connectivity index (χ0v) is 27.5. The van der Waals surface area contributed by atoms with Crippen LogP contribution in [0.15, 0.2) is 29.8 Å². The van der Waals surface area contributed by atoms with Crippen molar-refractivity contribution in [1.82, 2.24) is 15.0 Å². The lowest BCUT2D eigenvalue weighted by Gasteiger charge is -2.39. The summed E-state index contributed by atoms with van der Waals surface area (Å²) in [5.41, 5.74) is 2.88. The number of fused-ring (bicyclic) bond motifs is 1. The van der Waals surface area contributed by atoms with Gasteiger partial charge in [-0.3, -0.25) is 4.90 Å². The van der Waals surface area contributed by atoms with Gasteiger partial charge in [0.05, 0.1) is 22.6 Å². The van der Waals surface area contributed by atoms with E-state index in [0.29, 0.717) is 41.2 Å². The van der Waals surface area contributed by atoms with Crippen LogP contribution >= 0.6 is 11.3 Å². The SMILES string of the molecule is Cc1csc(Nc2nccc(-c3cc(C#N)c4c(c3)[C@@](C)(CO[Si](C)(C)C(C)(C)C)CN4C(=O)OC(C)(C)C)n2)n1. The number of benzene rings is 1. The summed E-state index contributed by atoms with van der Waals surface area (Å²) >= 11 is 1.48. The first-order valence-electron chi connectivity index (χ1n) is 13.7. The molecule has 0 radical (unpaired) electrons. The van der Waals surface area contributed by atoms with E-state index in [4.69, 9.17) is 14.1 Å². The van der Waals surface area contributed by atoms with Gasteiger partial charge in [0, 0.05) is 35.7 Å². The highest BCUT2D eigenvalue weighted by molar-refractivity contribution is 7.13. The van der Waals surface area contributed by atoms with Gasteiger partial charge in [0.25, 0.3) is 0 Å². The fourth-order valence-corrected chi connectivity index (χ4v) is 6.17. The Kier molecular flexibility index (Phi) is 8.08. The summed E-state index contributed by atoms with van der Waals surface area (Å²) in [6.07, 6.45) is 1.20. The number of nitriles is 1. The van der Waals surface area contributed by atoms with E-state index in [1.807, 2.05) is 45.2 Å². The Morgan fingerprint density at radius 3 is 2.51 bits per heavy atom. The Morgan fingerprint density at radius 2 is 1.93 bits per heavy atom. The third kappa shape index (κ3) is 6.61. The van der Waals surface area contributed by atoms with Gasteiger partial charge >= 0.3 is 6.09 Å². The minimum Gasteiger partial charge on any atom is -0.443 e. The van der Waals surface area contributed by atoms with Crippen LogP contribution in [0.5, 0.6) is 0 Å². The molecule has 9 nitrogen and oxygen atoms in total. The summed E-state index contributed by atoms with van der Waals surface area (Å²) in [5.74, 6) is 0.412. The van der Waals surface area contributed by atoms with E-state index < -0.39 is 25.4 Å². The van der Waals surface area contributed by atoms with E-state index in [-0.39, 0.29) is 5.04 Å². The van der Waals surface area contributed by atoms with Crippen molar-refractivity contribution < 1.29 is 14.0 Å². The van der Waals surface area contributed by atoms with E-state index in [1.54, 1.807) is 17.2 Å². The van der Waals surface area contributed by atoms with Crippen LogP contribution in [-0.4, -0.2) is 48.1 Å². The summed E-state index contributed by atoms with van der Waals surface area (Å²) < 4.78 is 12.5. The summed E-state index contributed by atoms with van der Waals surface area (Å²) in [5, 5.41) is 16.1. The number of hydrogen-bond acceptors (Lipinski definition) is 9. The maximum Gasteiger partial charge on any atom is 0.414 e. The lowest BCUT2D eigenvalue weighted by atomic mass is 9.83. The summed E-state index contributed by atoms with van der Waals surface area (Å²) in [4.78, 5) is 28.5. The van der Waals surface area contributed by atoms with Gasteiger partial charge in [-0.15, -0.1) is 11.3 Å². The molecule has 1 aromatic carbocycles. The molecule has 0 saturated heterocycles. The molecule has 1 atom stereocenters. The number of carbonyl (C=O) groups is 1. The molecular weight excluding hydrogens is 553 g/mol. The first-order valence-corrected chi connectivity index (χ1v) is 17.5. The quantitative estimate of drug-likeness (QED) is 0.292. The van der Waals surface area contributed by atoms with Crippen molar-refractivity contribution in [2.45, 2.75) is 84.5 Å². The Hall–Kier alpha value is -3.33. The molecule has 1 aliphatic heterocycles. The van der Waals surface area contributed by atoms with Gasteiger partial charge in [-0.1, -0.05) is 27.7 Å². The summed E-state index contributed by atoms with van der Waals surface area (Å²) in [7, 11) is -2.10. The minimum atomic E-state index is -2.10. The normalized spacial score (nSPS) is 17.2. The number of nitrogens with zero attached hydrogens (tertiary/aromatic N) is 5. The fourth-order valence-electron chi connectivity index (χ4n) is 4.37. The van der Waals surface area contributed by atoms with Crippen molar-refractivity contribution in [1.29, 1.82) is 5.26 Å². The number of ether oxygens (including phenoxy) is 1. The van der Waals surface area contributed by atoms with E-state index in [9.17, 15) is 10.1 Å². The second-order valence-electron chi connectivity index (χ2n) is 13.4. The third-order valence-corrected chi connectivity index (χ3v) is 13.0. The highest BCUT2D eigenvalue weighted by Crippen LogP contribution is 2.47. The predicted molar refractivity (Wildman–Crippen MR) is 166 cm³/mol. The molecule has 1 amide bonds. The lowest BCUT2D eigenvalue weighted by Crippen LogP contribution is -2.46. The summed E-state index contributed by atoms with van der Waals surface area (Å²) in [6.45, 7) is 21.3. The van der Waals surface area contributed by atoms with Crippen LogP contribution in [-0.2, 0) is 14.6 Å². The van der Waals surface area contributed by atoms with Crippen molar-refractivity contribution in [3.05, 3.63) is 46.6 Å². The molecule has 41 heavy (non-hydrogen) atoms. The number of amides is 1. The highest BCUT2D eigenvalue weighted by atomic mass is 32.1. The predicted octanol–water partition coefficient (Wildman–Crippen LogP) is 7.56. The molecule has 0 aliphatic carbocycles. The average molecular weight is 593 g/mol. The van der Waals surface area contributed by atoms with E-state index in [2.05, 4.69) is 62.1 Å². The largest absolute Gasteiger partial charge is 0.443 e. The standard InChI is InChI=1S/C30H40N6O3SSi/c1-19-16-40-26(33-19)35-25-32-12-11-23(34-25)20-13-21(15-31)24-22(14-20)30(8,18-38-41(9,10)29(5,6)7)17-36(24)27(37)39-28(2,3)4/h11-14,16H,17-18H2,1-10H3,(H,32,33,34,35)/t30-/m1/s1. The van der Waals surface area contributed by atoms with Crippen molar-refractivity contribution in [3.63, 3.8) is 0 Å². The van der Waals surface area contributed by atoms with Gasteiger partial charge in [-0.25, -0.2) is 19.7 Å². The van der Waals surface area contributed by atoms with Crippen molar-refractivity contribution >= 4 is 42.5 Å². The van der Waals surface area contributed by atoms with E-state index in [1.165, 1.54) is 11.3 Å². The maximum atomic E-state index is 13.4. The number of aryl methyl sites for hydroxylation is 1. The number of anilines is 3. The first kappa shape index (κ1) is 30.6. The molecule has 11 heteroatoms. The van der Waals surface area contributed by atoms with Crippen molar-refractivity contribution in [2.75, 3.05) is 23.4 Å². The van der Waals surface area contributed by atoms with Gasteiger partial charge in [0.15, 0.2) is 13.4 Å². The van der Waals surface area contributed by atoms with Crippen LogP contribution in [0, 0.1) is 18.3 Å². The molecule has 3 heterocycles. The van der Waals surface area contributed by atoms with E-state index in [0.717, 1.165) is 16.8 Å². The highest BCUT2D eigenvalue weighted by Gasteiger charge is 2.47. The number of thiazole rings is 1. The van der Waals surface area contributed by atoms with Crippen LogP contribution in [0.25, 0.3) is 11.3 Å². The number of hydrogen-bond donors (Lipinski definition) is 1. The third-order valence-electron chi connectivity index (χ3n) is 7.62. The van der Waals surface area contributed by atoms with Crippen LogP contribution in [0.3, 0.4) is 0 Å². The van der Waals surface area contributed by atoms with E-state index >= 15 is 0 Å². The molecule has 3 aromatic rings. The number of rotatable bonds is 6. The fraction of sp³-hybridized carbons (Fsp3) is 0.500. The van der Waals surface area contributed by atoms with Gasteiger partial charge in [0.1, 0.15) is 11.7 Å². The monoisotopic (exact) mass is 592 g/mol. The molecule has 4 rings (SSSR count). The number of aromatic nitrogens is 3. The second kappa shape index (κ2) is 10.8. The van der Waals surface area contributed by atoms with Crippen LogP contribution in [0.4, 0.5) is 21.6 Å². The minimum absolute atomic E-state index is 0.0234. The van der Waals surface area contributed by atoms with Gasteiger partial charge in [0.2, 0.25) is 5.95 Å². The Labute approximate surface area is 248 Å². The number of nitrogens with one attached hydrogen (secondary N) is 1. The molecule has 0 spiro atoms. The molecule has 1 aliphatic rings. The maximum absolute atomic E-state index is 13.4. The van der Waals surface area contributed by atoms with Gasteiger partial charge < -0.3 is 14.5 Å². The smallest absolute Gasteiger partial charge is 0.414 e. The Balaban J connectivity index is 1.79. The topological polar surface area (TPSA) is 113 Å². The van der Waals surface area contributed by atoms with Gasteiger partial charge in [-0.05, 0) is 69.6 Å². The zero-order valence-electron chi connectivity index (χ0n) is 25.7. The lowest BCUT2D eigenvalue weighted by molar-refractivity contribution is 0.0575. The zero-order chi connectivity index (χ0) is 30.4. The molecular formula is C30H40N6O3SSi. The molecule has 0 unspecified atom stereocenters. The summed E-state index contributed by atoms with van der Waals surface area (Å²) in [6, 6.07) is 7.94. The Bertz CT molecular complexity index is 1500. The van der Waals surface area contributed by atoms with Crippen LogP contribution in [0.1, 0.15) is 65.3 Å². The molecule has 0 fully saturated rings. The van der Waals surface area contributed by atoms with Crippen molar-refractivity contribution in [2.24, 2.45) is 0 Å². The molecule has 0 bridgehead atoms.